The summed E-state index contributed by atoms with van der Waals surface area (Å²) in [5, 5.41) is 33.3. The third-order valence-electron chi connectivity index (χ3n) is 5.86. The van der Waals surface area contributed by atoms with E-state index in [1.54, 1.807) is 19.4 Å². The largest absolute Gasteiger partial charge is 0.504 e. The van der Waals surface area contributed by atoms with Gasteiger partial charge in [0.1, 0.15) is 16.3 Å². The standard InChI is InChI=1S/C29H29N5O2S/c1-4-34(22-9-6-5-7-10-22)26-25(21(17-30)18-31-3)33-29(36)28(27(26)35)37-23-14-12-20(13-15-23)24-11-8-16-32-19(24)2/h5-18,30-31H,4H2,1-3H3,(H2,33,35,36)/b21-18+,30-17?. The van der Waals surface area contributed by atoms with E-state index in [4.69, 9.17) is 5.41 Å². The van der Waals surface area contributed by atoms with Crippen LogP contribution in [0.4, 0.5) is 11.4 Å². The van der Waals surface area contributed by atoms with Gasteiger partial charge in [0.2, 0.25) is 5.88 Å². The normalized spacial score (nSPS) is 11.3. The Labute approximate surface area is 221 Å². The lowest BCUT2D eigenvalue weighted by Crippen LogP contribution is -2.19. The van der Waals surface area contributed by atoms with Crippen LogP contribution >= 0.6 is 11.8 Å². The van der Waals surface area contributed by atoms with Gasteiger partial charge in [0.25, 0.3) is 0 Å². The summed E-state index contributed by atoms with van der Waals surface area (Å²) in [6, 6.07) is 21.5. The SMILES string of the molecule is CCN(c1ccccc1)c1c(/C(C=N)=C/NC)nc(O)c(Sc2ccc(-c3cccnc3C)cc2)c1O. The fourth-order valence-electron chi connectivity index (χ4n) is 4.11. The van der Waals surface area contributed by atoms with Gasteiger partial charge in [0.05, 0.1) is 0 Å². The predicted molar refractivity (Wildman–Crippen MR) is 151 cm³/mol. The van der Waals surface area contributed by atoms with Gasteiger partial charge in [-0.1, -0.05) is 48.2 Å². The quantitative estimate of drug-likeness (QED) is 0.193. The first-order valence-electron chi connectivity index (χ1n) is 11.8. The van der Waals surface area contributed by atoms with Crippen molar-refractivity contribution in [2.75, 3.05) is 18.5 Å². The van der Waals surface area contributed by atoms with Crippen LogP contribution in [0.3, 0.4) is 0 Å². The van der Waals surface area contributed by atoms with Crippen molar-refractivity contribution in [1.82, 2.24) is 15.3 Å². The molecule has 0 radical (unpaired) electrons. The third-order valence-corrected chi connectivity index (χ3v) is 6.95. The lowest BCUT2D eigenvalue weighted by Gasteiger charge is -2.27. The van der Waals surface area contributed by atoms with Gasteiger partial charge in [0, 0.05) is 59.6 Å². The van der Waals surface area contributed by atoms with Gasteiger partial charge in [-0.15, -0.1) is 0 Å². The van der Waals surface area contributed by atoms with Crippen molar-refractivity contribution in [3.8, 4) is 22.8 Å². The summed E-state index contributed by atoms with van der Waals surface area (Å²) in [5.74, 6) is -0.407. The first kappa shape index (κ1) is 25.8. The predicted octanol–water partition coefficient (Wildman–Crippen LogP) is 6.38. The number of aromatic nitrogens is 2. The summed E-state index contributed by atoms with van der Waals surface area (Å²) in [5.41, 5.74) is 5.03. The van der Waals surface area contributed by atoms with Crippen LogP contribution in [-0.2, 0) is 0 Å². The minimum atomic E-state index is -0.304. The third kappa shape index (κ3) is 5.44. The number of para-hydroxylation sites is 1. The number of rotatable bonds is 9. The average molecular weight is 512 g/mol. The molecule has 0 fully saturated rings. The molecule has 0 aliphatic heterocycles. The fraction of sp³-hybridized carbons (Fsp3) is 0.138. The molecule has 0 saturated carbocycles. The molecule has 4 N–H and O–H groups in total. The zero-order chi connectivity index (χ0) is 26.4. The number of nitrogens with one attached hydrogen (secondary N) is 2. The number of aryl methyl sites for hydroxylation is 1. The smallest absolute Gasteiger partial charge is 0.229 e. The molecule has 8 heteroatoms. The second-order valence-corrected chi connectivity index (χ2v) is 9.27. The van der Waals surface area contributed by atoms with Crippen molar-refractivity contribution in [2.24, 2.45) is 0 Å². The minimum Gasteiger partial charge on any atom is -0.504 e. The van der Waals surface area contributed by atoms with Crippen LogP contribution in [0.1, 0.15) is 18.3 Å². The maximum Gasteiger partial charge on any atom is 0.229 e. The first-order valence-corrected chi connectivity index (χ1v) is 12.7. The van der Waals surface area contributed by atoms with Gasteiger partial charge in [-0.25, -0.2) is 4.98 Å². The molecule has 188 valence electrons. The van der Waals surface area contributed by atoms with Crippen LogP contribution in [0.5, 0.6) is 11.6 Å². The van der Waals surface area contributed by atoms with Crippen molar-refractivity contribution in [3.05, 3.63) is 90.5 Å². The molecule has 0 amide bonds. The number of pyridine rings is 2. The molecule has 0 saturated heterocycles. The zero-order valence-electron chi connectivity index (χ0n) is 20.9. The number of aromatic hydroxyl groups is 2. The Morgan fingerprint density at radius 3 is 2.41 bits per heavy atom. The number of benzene rings is 2. The minimum absolute atomic E-state index is 0.103. The lowest BCUT2D eigenvalue weighted by atomic mass is 10.1. The van der Waals surface area contributed by atoms with Crippen LogP contribution in [-0.4, -0.2) is 40.0 Å². The highest BCUT2D eigenvalue weighted by Crippen LogP contribution is 2.49. The van der Waals surface area contributed by atoms with E-state index in [1.165, 1.54) is 11.8 Å². The summed E-state index contributed by atoms with van der Waals surface area (Å²) >= 11 is 1.23. The Bertz CT molecular complexity index is 1420. The van der Waals surface area contributed by atoms with Gasteiger partial charge in [-0.05, 0) is 49.7 Å². The van der Waals surface area contributed by atoms with E-state index in [9.17, 15) is 10.2 Å². The molecule has 0 unspecified atom stereocenters. The maximum absolute atomic E-state index is 11.6. The Morgan fingerprint density at radius 2 is 1.78 bits per heavy atom. The Balaban J connectivity index is 1.81. The van der Waals surface area contributed by atoms with E-state index in [1.807, 2.05) is 85.5 Å². The number of allylic oxidation sites excluding steroid dienone is 1. The van der Waals surface area contributed by atoms with Crippen LogP contribution in [0.2, 0.25) is 0 Å². The second-order valence-electron chi connectivity index (χ2n) is 8.19. The van der Waals surface area contributed by atoms with E-state index in [-0.39, 0.29) is 16.5 Å². The molecule has 0 aliphatic carbocycles. The van der Waals surface area contributed by atoms with Gasteiger partial charge < -0.3 is 25.8 Å². The van der Waals surface area contributed by atoms with Crippen molar-refractivity contribution in [1.29, 1.82) is 5.41 Å². The van der Waals surface area contributed by atoms with E-state index < -0.39 is 0 Å². The van der Waals surface area contributed by atoms with E-state index in [0.29, 0.717) is 23.5 Å². The van der Waals surface area contributed by atoms with Gasteiger partial charge in [-0.3, -0.25) is 4.98 Å². The highest BCUT2D eigenvalue weighted by atomic mass is 32.2. The summed E-state index contributed by atoms with van der Waals surface area (Å²) in [6.45, 7) is 4.48. The van der Waals surface area contributed by atoms with E-state index >= 15 is 0 Å². The monoisotopic (exact) mass is 511 g/mol. The molecule has 0 bridgehead atoms. The highest BCUT2D eigenvalue weighted by Gasteiger charge is 2.26. The van der Waals surface area contributed by atoms with Gasteiger partial charge in [-0.2, -0.15) is 0 Å². The van der Waals surface area contributed by atoms with E-state index in [0.717, 1.165) is 33.6 Å². The summed E-state index contributed by atoms with van der Waals surface area (Å²) in [4.78, 5) is 11.8. The molecule has 4 rings (SSSR count). The fourth-order valence-corrected chi connectivity index (χ4v) is 4.95. The molecule has 0 spiro atoms. The topological polar surface area (TPSA) is 105 Å². The van der Waals surface area contributed by atoms with Crippen LogP contribution < -0.4 is 10.2 Å². The van der Waals surface area contributed by atoms with Crippen molar-refractivity contribution < 1.29 is 10.2 Å². The van der Waals surface area contributed by atoms with Crippen LogP contribution in [0, 0.1) is 12.3 Å². The summed E-state index contributed by atoms with van der Waals surface area (Å²) < 4.78 is 0. The highest BCUT2D eigenvalue weighted by molar-refractivity contribution is 7.99. The average Bonchev–Trinajstić information content (AvgIpc) is 2.92. The molecule has 2 aromatic heterocycles. The summed E-state index contributed by atoms with van der Waals surface area (Å²) in [6.07, 6.45) is 4.53. The molecule has 2 aromatic carbocycles. The van der Waals surface area contributed by atoms with Gasteiger partial charge in [0.15, 0.2) is 5.75 Å². The molecule has 2 heterocycles. The molecular weight excluding hydrogens is 482 g/mol. The maximum atomic E-state index is 11.6. The summed E-state index contributed by atoms with van der Waals surface area (Å²) in [7, 11) is 1.72. The van der Waals surface area contributed by atoms with Gasteiger partial charge >= 0.3 is 0 Å². The Kier molecular flexibility index (Phi) is 8.10. The number of nitrogens with zero attached hydrogens (tertiary/aromatic N) is 3. The first-order chi connectivity index (χ1) is 18.0. The van der Waals surface area contributed by atoms with Crippen molar-refractivity contribution >= 4 is 34.9 Å². The molecular formula is C29H29N5O2S. The number of anilines is 2. The molecule has 0 atom stereocenters. The molecule has 4 aromatic rings. The number of hydrogen-bond acceptors (Lipinski definition) is 8. The molecule has 7 nitrogen and oxygen atoms in total. The second kappa shape index (κ2) is 11.6. The van der Waals surface area contributed by atoms with Crippen molar-refractivity contribution in [2.45, 2.75) is 23.6 Å². The zero-order valence-corrected chi connectivity index (χ0v) is 21.8. The van der Waals surface area contributed by atoms with Crippen LogP contribution in [0.15, 0.2) is 88.9 Å². The van der Waals surface area contributed by atoms with E-state index in [2.05, 4.69) is 15.3 Å². The Morgan fingerprint density at radius 1 is 1.05 bits per heavy atom. The molecule has 37 heavy (non-hydrogen) atoms. The number of hydrogen-bond donors (Lipinski definition) is 4. The lowest BCUT2D eigenvalue weighted by molar-refractivity contribution is 0.412. The Hall–Kier alpha value is -4.30. The van der Waals surface area contributed by atoms with Crippen molar-refractivity contribution in [3.63, 3.8) is 0 Å². The van der Waals surface area contributed by atoms with Crippen LogP contribution in [0.25, 0.3) is 16.7 Å². The molecule has 0 aliphatic rings.